The van der Waals surface area contributed by atoms with Crippen molar-refractivity contribution in [2.45, 2.75) is 26.7 Å². The third-order valence-electron chi connectivity index (χ3n) is 2.42. The van der Waals surface area contributed by atoms with Crippen molar-refractivity contribution in [1.82, 2.24) is 0 Å². The van der Waals surface area contributed by atoms with Gasteiger partial charge in [-0.3, -0.25) is 4.79 Å². The number of carbonyl (C=O) groups is 1. The van der Waals surface area contributed by atoms with Gasteiger partial charge in [0.1, 0.15) is 0 Å². The minimum absolute atomic E-state index is 0.0464. The molecule has 0 saturated heterocycles. The quantitative estimate of drug-likeness (QED) is 0.596. The SMILES string of the molecule is CC(C)COCCCC(=O)Nc1ccc(Cl)c(N)c1. The van der Waals surface area contributed by atoms with Crippen LogP contribution < -0.4 is 11.1 Å². The Morgan fingerprint density at radius 2 is 2.21 bits per heavy atom. The monoisotopic (exact) mass is 284 g/mol. The fraction of sp³-hybridized carbons (Fsp3) is 0.500. The molecule has 0 aliphatic carbocycles. The van der Waals surface area contributed by atoms with E-state index >= 15 is 0 Å². The largest absolute Gasteiger partial charge is 0.397 e. The summed E-state index contributed by atoms with van der Waals surface area (Å²) >= 11 is 5.81. The molecule has 1 amide bonds. The highest BCUT2D eigenvalue weighted by atomic mass is 35.5. The normalized spacial score (nSPS) is 10.7. The number of ether oxygens (including phenoxy) is 1. The minimum atomic E-state index is -0.0464. The Hall–Kier alpha value is -1.26. The molecular weight excluding hydrogens is 264 g/mol. The molecule has 3 N–H and O–H groups in total. The van der Waals surface area contributed by atoms with Gasteiger partial charge in [0.25, 0.3) is 0 Å². The van der Waals surface area contributed by atoms with Gasteiger partial charge in [0.2, 0.25) is 5.91 Å². The van der Waals surface area contributed by atoms with Gasteiger partial charge >= 0.3 is 0 Å². The van der Waals surface area contributed by atoms with Crippen LogP contribution in [0.1, 0.15) is 26.7 Å². The van der Waals surface area contributed by atoms with E-state index in [1.807, 2.05) is 0 Å². The van der Waals surface area contributed by atoms with Gasteiger partial charge in [-0.05, 0) is 30.5 Å². The van der Waals surface area contributed by atoms with E-state index in [2.05, 4.69) is 19.2 Å². The van der Waals surface area contributed by atoms with Gasteiger partial charge in [0.05, 0.1) is 10.7 Å². The number of hydrogen-bond acceptors (Lipinski definition) is 3. The summed E-state index contributed by atoms with van der Waals surface area (Å²) in [5, 5.41) is 3.26. The summed E-state index contributed by atoms with van der Waals surface area (Å²) in [6.45, 7) is 5.53. The summed E-state index contributed by atoms with van der Waals surface area (Å²) in [5.74, 6) is 0.473. The lowest BCUT2D eigenvalue weighted by molar-refractivity contribution is -0.116. The van der Waals surface area contributed by atoms with Crippen LogP contribution in [0.25, 0.3) is 0 Å². The number of benzene rings is 1. The molecule has 4 nitrogen and oxygen atoms in total. The van der Waals surface area contributed by atoms with E-state index in [9.17, 15) is 4.79 Å². The summed E-state index contributed by atoms with van der Waals surface area (Å²) in [7, 11) is 0. The lowest BCUT2D eigenvalue weighted by Gasteiger charge is -2.08. The smallest absolute Gasteiger partial charge is 0.224 e. The molecule has 0 fully saturated rings. The number of rotatable bonds is 7. The molecule has 5 heteroatoms. The van der Waals surface area contributed by atoms with Crippen molar-refractivity contribution in [2.24, 2.45) is 5.92 Å². The van der Waals surface area contributed by atoms with E-state index < -0.39 is 0 Å². The standard InChI is InChI=1S/C14H21ClN2O2/c1-10(2)9-19-7-3-4-14(18)17-11-5-6-12(15)13(16)8-11/h5-6,8,10H,3-4,7,9,16H2,1-2H3,(H,17,18). The zero-order valence-corrected chi connectivity index (χ0v) is 12.2. The Labute approximate surface area is 119 Å². The third kappa shape index (κ3) is 6.45. The molecule has 0 spiro atoms. The Kier molecular flexibility index (Phi) is 6.67. The molecule has 0 radical (unpaired) electrons. The van der Waals surface area contributed by atoms with E-state index in [-0.39, 0.29) is 5.91 Å². The van der Waals surface area contributed by atoms with Crippen molar-refractivity contribution >= 4 is 28.9 Å². The second-order valence-corrected chi connectivity index (χ2v) is 5.26. The van der Waals surface area contributed by atoms with Crippen LogP contribution in [0, 0.1) is 5.92 Å². The fourth-order valence-corrected chi connectivity index (χ4v) is 1.62. The highest BCUT2D eigenvalue weighted by Gasteiger charge is 2.04. The number of hydrogen-bond donors (Lipinski definition) is 2. The predicted octanol–water partition coefficient (Wildman–Crippen LogP) is 3.31. The Morgan fingerprint density at radius 1 is 1.47 bits per heavy atom. The zero-order valence-electron chi connectivity index (χ0n) is 11.4. The first kappa shape index (κ1) is 15.8. The van der Waals surface area contributed by atoms with Crippen LogP contribution in [0.4, 0.5) is 11.4 Å². The molecule has 0 saturated carbocycles. The summed E-state index contributed by atoms with van der Waals surface area (Å²) in [6.07, 6.45) is 1.14. The number of anilines is 2. The lowest BCUT2D eigenvalue weighted by atomic mass is 10.2. The maximum atomic E-state index is 11.7. The van der Waals surface area contributed by atoms with E-state index in [1.54, 1.807) is 18.2 Å². The second-order valence-electron chi connectivity index (χ2n) is 4.86. The number of carbonyl (C=O) groups excluding carboxylic acids is 1. The van der Waals surface area contributed by atoms with Crippen LogP contribution in [0.3, 0.4) is 0 Å². The van der Waals surface area contributed by atoms with Crippen molar-refractivity contribution < 1.29 is 9.53 Å². The van der Waals surface area contributed by atoms with Crippen LogP contribution in [-0.4, -0.2) is 19.1 Å². The lowest BCUT2D eigenvalue weighted by Crippen LogP contribution is -2.13. The molecular formula is C14H21ClN2O2. The topological polar surface area (TPSA) is 64.3 Å². The Morgan fingerprint density at radius 3 is 2.84 bits per heavy atom. The molecule has 0 aliphatic rings. The number of amides is 1. The van der Waals surface area contributed by atoms with E-state index in [4.69, 9.17) is 22.1 Å². The van der Waals surface area contributed by atoms with Crippen molar-refractivity contribution in [2.75, 3.05) is 24.3 Å². The first-order chi connectivity index (χ1) is 8.99. The Bertz CT molecular complexity index is 422. The van der Waals surface area contributed by atoms with E-state index in [0.717, 1.165) is 6.61 Å². The first-order valence-electron chi connectivity index (χ1n) is 6.41. The first-order valence-corrected chi connectivity index (χ1v) is 6.79. The van der Waals surface area contributed by atoms with Gasteiger partial charge in [-0.15, -0.1) is 0 Å². The van der Waals surface area contributed by atoms with Gasteiger partial charge in [-0.2, -0.15) is 0 Å². The molecule has 19 heavy (non-hydrogen) atoms. The average molecular weight is 285 g/mol. The molecule has 0 bridgehead atoms. The van der Waals surface area contributed by atoms with E-state index in [0.29, 0.717) is 41.8 Å². The molecule has 1 rings (SSSR count). The summed E-state index contributed by atoms with van der Waals surface area (Å²) in [6, 6.07) is 5.04. The molecule has 0 unspecified atom stereocenters. The molecule has 0 heterocycles. The molecule has 1 aromatic carbocycles. The molecule has 0 aliphatic heterocycles. The van der Waals surface area contributed by atoms with Crippen LogP contribution in [0.2, 0.25) is 5.02 Å². The molecule has 0 aromatic heterocycles. The average Bonchev–Trinajstić information content (AvgIpc) is 2.33. The van der Waals surface area contributed by atoms with Crippen molar-refractivity contribution in [3.8, 4) is 0 Å². The summed E-state index contributed by atoms with van der Waals surface area (Å²) < 4.78 is 5.41. The summed E-state index contributed by atoms with van der Waals surface area (Å²) in [5.41, 5.74) is 6.78. The van der Waals surface area contributed by atoms with Gasteiger partial charge in [0, 0.05) is 25.3 Å². The van der Waals surface area contributed by atoms with Crippen LogP contribution >= 0.6 is 11.6 Å². The molecule has 106 valence electrons. The highest BCUT2D eigenvalue weighted by molar-refractivity contribution is 6.33. The van der Waals surface area contributed by atoms with Gasteiger partial charge < -0.3 is 15.8 Å². The zero-order chi connectivity index (χ0) is 14.3. The van der Waals surface area contributed by atoms with Crippen LogP contribution in [0.5, 0.6) is 0 Å². The molecule has 0 atom stereocenters. The second kappa shape index (κ2) is 8.02. The van der Waals surface area contributed by atoms with Gasteiger partial charge in [-0.1, -0.05) is 25.4 Å². The number of nitrogen functional groups attached to an aromatic ring is 1. The predicted molar refractivity (Wildman–Crippen MR) is 79.4 cm³/mol. The fourth-order valence-electron chi connectivity index (χ4n) is 1.50. The minimum Gasteiger partial charge on any atom is -0.397 e. The Balaban J connectivity index is 2.25. The third-order valence-corrected chi connectivity index (χ3v) is 2.77. The number of halogens is 1. The van der Waals surface area contributed by atoms with Crippen LogP contribution in [0.15, 0.2) is 18.2 Å². The maximum Gasteiger partial charge on any atom is 0.224 e. The summed E-state index contributed by atoms with van der Waals surface area (Å²) in [4.78, 5) is 11.7. The van der Waals surface area contributed by atoms with Crippen LogP contribution in [-0.2, 0) is 9.53 Å². The van der Waals surface area contributed by atoms with Crippen molar-refractivity contribution in [3.63, 3.8) is 0 Å². The highest BCUT2D eigenvalue weighted by Crippen LogP contribution is 2.22. The van der Waals surface area contributed by atoms with Gasteiger partial charge in [0.15, 0.2) is 0 Å². The van der Waals surface area contributed by atoms with Gasteiger partial charge in [-0.25, -0.2) is 0 Å². The number of nitrogens with two attached hydrogens (primary N) is 1. The molecule has 1 aromatic rings. The van der Waals surface area contributed by atoms with Crippen molar-refractivity contribution in [3.05, 3.63) is 23.2 Å². The van der Waals surface area contributed by atoms with Crippen molar-refractivity contribution in [1.29, 1.82) is 0 Å². The maximum absolute atomic E-state index is 11.7. The number of nitrogens with one attached hydrogen (secondary N) is 1. The van der Waals surface area contributed by atoms with E-state index in [1.165, 1.54) is 0 Å².